The van der Waals surface area contributed by atoms with Crippen LogP contribution in [0.25, 0.3) is 22.8 Å². The summed E-state index contributed by atoms with van der Waals surface area (Å²) in [6.07, 6.45) is 1.48. The predicted molar refractivity (Wildman–Crippen MR) is 124 cm³/mol. The number of hydrogen-bond acceptors (Lipinski definition) is 5. The smallest absolute Gasteiger partial charge is 0.254 e. The maximum absolute atomic E-state index is 14.1. The molecule has 5 rings (SSSR count). The summed E-state index contributed by atoms with van der Waals surface area (Å²) in [5.41, 5.74) is 2.41. The molecule has 0 atom stereocenters. The van der Waals surface area contributed by atoms with Crippen molar-refractivity contribution in [2.24, 2.45) is 0 Å². The van der Waals surface area contributed by atoms with Gasteiger partial charge < -0.3 is 19.3 Å². The zero-order chi connectivity index (χ0) is 22.8. The predicted octanol–water partition coefficient (Wildman–Crippen LogP) is 4.82. The van der Waals surface area contributed by atoms with Crippen molar-refractivity contribution in [2.75, 3.05) is 31.1 Å². The molecule has 0 aliphatic carbocycles. The number of aromatic hydroxyl groups is 1. The summed E-state index contributed by atoms with van der Waals surface area (Å²) in [6.45, 7) is 2.52. The number of amides is 1. The highest BCUT2D eigenvalue weighted by atomic mass is 19.1. The van der Waals surface area contributed by atoms with Gasteiger partial charge in [0, 0.05) is 37.4 Å². The zero-order valence-electron chi connectivity index (χ0n) is 17.8. The van der Waals surface area contributed by atoms with Crippen LogP contribution in [-0.2, 0) is 0 Å². The number of phenols is 1. The quantitative estimate of drug-likeness (QED) is 0.490. The number of rotatable bonds is 4. The van der Waals surface area contributed by atoms with Gasteiger partial charge in [-0.1, -0.05) is 24.3 Å². The third-order valence-electron chi connectivity index (χ3n) is 5.81. The van der Waals surface area contributed by atoms with Crippen molar-refractivity contribution in [1.82, 2.24) is 9.88 Å². The van der Waals surface area contributed by atoms with Gasteiger partial charge in [-0.2, -0.15) is 0 Å². The molecule has 1 aromatic heterocycles. The standard InChI is InChI=1S/C26H22FN3O3/c27-23-8-4-3-7-22(23)24-17-28-25(33-24)20-5-1-2-6-21(20)26(32)30-15-13-29(14-16-30)18-9-11-19(31)12-10-18/h1-12,17,31H,13-16H2. The Morgan fingerprint density at radius 1 is 0.879 bits per heavy atom. The van der Waals surface area contributed by atoms with Crippen LogP contribution in [0, 0.1) is 5.82 Å². The lowest BCUT2D eigenvalue weighted by Crippen LogP contribution is -2.48. The molecular weight excluding hydrogens is 421 g/mol. The monoisotopic (exact) mass is 443 g/mol. The summed E-state index contributed by atoms with van der Waals surface area (Å²) in [7, 11) is 0. The number of carbonyl (C=O) groups is 1. The van der Waals surface area contributed by atoms with Crippen molar-refractivity contribution < 1.29 is 18.7 Å². The first-order valence-corrected chi connectivity index (χ1v) is 10.7. The number of oxazole rings is 1. The fraction of sp³-hybridized carbons (Fsp3) is 0.154. The highest BCUT2D eigenvalue weighted by molar-refractivity contribution is 6.00. The number of halogens is 1. The second-order valence-corrected chi connectivity index (χ2v) is 7.85. The van der Waals surface area contributed by atoms with Gasteiger partial charge in [-0.25, -0.2) is 9.37 Å². The first-order valence-electron chi connectivity index (χ1n) is 10.7. The molecule has 0 bridgehead atoms. The van der Waals surface area contributed by atoms with Gasteiger partial charge in [0.1, 0.15) is 11.6 Å². The van der Waals surface area contributed by atoms with Gasteiger partial charge in [-0.15, -0.1) is 0 Å². The number of benzene rings is 3. The van der Waals surface area contributed by atoms with Gasteiger partial charge >= 0.3 is 0 Å². The molecule has 3 aromatic carbocycles. The third kappa shape index (κ3) is 4.17. The fourth-order valence-electron chi connectivity index (χ4n) is 4.04. The van der Waals surface area contributed by atoms with Crippen molar-refractivity contribution >= 4 is 11.6 Å². The van der Waals surface area contributed by atoms with Gasteiger partial charge in [0.2, 0.25) is 5.89 Å². The van der Waals surface area contributed by atoms with Crippen LogP contribution in [0.1, 0.15) is 10.4 Å². The van der Waals surface area contributed by atoms with Crippen LogP contribution >= 0.6 is 0 Å². The Labute approximate surface area is 190 Å². The number of piperazine rings is 1. The summed E-state index contributed by atoms with van der Waals surface area (Å²) < 4.78 is 20.0. The van der Waals surface area contributed by atoms with Crippen molar-refractivity contribution in [3.8, 4) is 28.5 Å². The molecule has 1 amide bonds. The number of phenolic OH excluding ortho intramolecular Hbond substituents is 1. The molecule has 0 spiro atoms. The second kappa shape index (κ2) is 8.78. The molecule has 6 nitrogen and oxygen atoms in total. The Balaban J connectivity index is 1.35. The van der Waals surface area contributed by atoms with Crippen molar-refractivity contribution in [3.05, 3.63) is 90.4 Å². The fourth-order valence-corrected chi connectivity index (χ4v) is 4.04. The molecule has 1 saturated heterocycles. The molecule has 33 heavy (non-hydrogen) atoms. The third-order valence-corrected chi connectivity index (χ3v) is 5.81. The average molecular weight is 443 g/mol. The van der Waals surface area contributed by atoms with Crippen molar-refractivity contribution in [2.45, 2.75) is 0 Å². The minimum Gasteiger partial charge on any atom is -0.508 e. The van der Waals surface area contributed by atoms with Crippen LogP contribution in [0.3, 0.4) is 0 Å². The van der Waals surface area contributed by atoms with E-state index < -0.39 is 5.82 Å². The Kier molecular flexibility index (Phi) is 5.52. The lowest BCUT2D eigenvalue weighted by molar-refractivity contribution is 0.0747. The molecule has 1 aliphatic heterocycles. The van der Waals surface area contributed by atoms with Crippen LogP contribution in [0.15, 0.2) is 83.4 Å². The molecule has 7 heteroatoms. The van der Waals surface area contributed by atoms with E-state index in [2.05, 4.69) is 9.88 Å². The summed E-state index contributed by atoms with van der Waals surface area (Å²) in [5, 5.41) is 9.49. The largest absolute Gasteiger partial charge is 0.508 e. The Hall–Kier alpha value is -4.13. The minimum absolute atomic E-state index is 0.0957. The van der Waals surface area contributed by atoms with Gasteiger partial charge in [0.15, 0.2) is 5.76 Å². The lowest BCUT2D eigenvalue weighted by Gasteiger charge is -2.36. The van der Waals surface area contributed by atoms with Gasteiger partial charge in [0.25, 0.3) is 5.91 Å². The van der Waals surface area contributed by atoms with Crippen LogP contribution in [0.2, 0.25) is 0 Å². The summed E-state index contributed by atoms with van der Waals surface area (Å²) in [5.74, 6) is 0.333. The highest BCUT2D eigenvalue weighted by Crippen LogP contribution is 2.30. The average Bonchev–Trinajstić information content (AvgIpc) is 3.34. The SMILES string of the molecule is O=C(c1ccccc1-c1ncc(-c2ccccc2F)o1)N1CCN(c2ccc(O)cc2)CC1. The maximum atomic E-state index is 14.1. The highest BCUT2D eigenvalue weighted by Gasteiger charge is 2.25. The molecule has 166 valence electrons. The van der Waals surface area contributed by atoms with E-state index in [0.717, 1.165) is 5.69 Å². The Morgan fingerprint density at radius 2 is 1.55 bits per heavy atom. The molecule has 4 aromatic rings. The van der Waals surface area contributed by atoms with E-state index in [9.17, 15) is 14.3 Å². The first kappa shape index (κ1) is 20.8. The van der Waals surface area contributed by atoms with Crippen LogP contribution < -0.4 is 4.90 Å². The van der Waals surface area contributed by atoms with E-state index in [4.69, 9.17) is 4.42 Å². The topological polar surface area (TPSA) is 69.8 Å². The molecule has 1 fully saturated rings. The molecule has 1 N–H and O–H groups in total. The number of hydrogen-bond donors (Lipinski definition) is 1. The number of anilines is 1. The van der Waals surface area contributed by atoms with Crippen LogP contribution in [-0.4, -0.2) is 47.1 Å². The normalized spacial score (nSPS) is 13.8. The molecular formula is C26H22FN3O3. The van der Waals surface area contributed by atoms with Crippen LogP contribution in [0.5, 0.6) is 5.75 Å². The molecule has 0 unspecified atom stereocenters. The van der Waals surface area contributed by atoms with E-state index in [1.807, 2.05) is 29.2 Å². The van der Waals surface area contributed by atoms with Gasteiger partial charge in [-0.05, 0) is 48.5 Å². The number of carbonyl (C=O) groups excluding carboxylic acids is 1. The van der Waals surface area contributed by atoms with Crippen molar-refractivity contribution in [3.63, 3.8) is 0 Å². The van der Waals surface area contributed by atoms with Gasteiger partial charge in [-0.3, -0.25) is 4.79 Å². The van der Waals surface area contributed by atoms with Crippen LogP contribution in [0.4, 0.5) is 10.1 Å². The van der Waals surface area contributed by atoms with E-state index in [-0.39, 0.29) is 17.5 Å². The van der Waals surface area contributed by atoms with E-state index in [1.54, 1.807) is 42.5 Å². The number of aromatic nitrogens is 1. The minimum atomic E-state index is -0.393. The molecule has 1 aliphatic rings. The summed E-state index contributed by atoms with van der Waals surface area (Å²) >= 11 is 0. The molecule has 0 saturated carbocycles. The summed E-state index contributed by atoms with van der Waals surface area (Å²) in [6, 6.07) is 20.6. The van der Waals surface area contributed by atoms with Crippen molar-refractivity contribution in [1.29, 1.82) is 0 Å². The van der Waals surface area contributed by atoms with E-state index in [1.165, 1.54) is 12.3 Å². The summed E-state index contributed by atoms with van der Waals surface area (Å²) in [4.78, 5) is 21.7. The molecule has 2 heterocycles. The first-order chi connectivity index (χ1) is 16.1. The van der Waals surface area contributed by atoms with E-state index in [0.29, 0.717) is 48.6 Å². The van der Waals surface area contributed by atoms with E-state index >= 15 is 0 Å². The maximum Gasteiger partial charge on any atom is 0.254 e. The number of nitrogens with zero attached hydrogens (tertiary/aromatic N) is 3. The lowest BCUT2D eigenvalue weighted by atomic mass is 10.1. The Morgan fingerprint density at radius 3 is 2.27 bits per heavy atom. The molecule has 0 radical (unpaired) electrons. The van der Waals surface area contributed by atoms with Gasteiger partial charge in [0.05, 0.1) is 17.3 Å². The second-order valence-electron chi connectivity index (χ2n) is 7.85. The zero-order valence-corrected chi connectivity index (χ0v) is 17.8. The Bertz CT molecular complexity index is 1280.